The second kappa shape index (κ2) is 8.80. The van der Waals surface area contributed by atoms with Crippen molar-refractivity contribution in [3.05, 3.63) is 12.7 Å². The minimum atomic E-state index is -7.70. The van der Waals surface area contributed by atoms with Gasteiger partial charge in [-0.05, 0) is 0 Å². The van der Waals surface area contributed by atoms with Gasteiger partial charge in [0.1, 0.15) is 0 Å². The molecule has 0 aliphatic carbocycles. The highest BCUT2D eigenvalue weighted by Gasteiger charge is 2.84. The zero-order valence-corrected chi connectivity index (χ0v) is 14.0. The Labute approximate surface area is 160 Å². The summed E-state index contributed by atoms with van der Waals surface area (Å²) in [4.78, 5) is 0. The van der Waals surface area contributed by atoms with Crippen LogP contribution >= 0.6 is 0 Å². The van der Waals surface area contributed by atoms with Crippen LogP contribution in [-0.2, 0) is 14.2 Å². The number of halogens is 16. The molecule has 0 heterocycles. The molecule has 0 aromatic rings. The fourth-order valence-corrected chi connectivity index (χ4v) is 1.40. The normalized spacial score (nSPS) is 17.9. The summed E-state index contributed by atoms with van der Waals surface area (Å²) in [6, 6.07) is 0. The minimum absolute atomic E-state index is 0.684. The molecule has 0 aromatic carbocycles. The van der Waals surface area contributed by atoms with Crippen molar-refractivity contribution in [3.63, 3.8) is 0 Å². The van der Waals surface area contributed by atoms with E-state index in [9.17, 15) is 70.2 Å². The van der Waals surface area contributed by atoms with Crippen LogP contribution in [0.3, 0.4) is 0 Å². The van der Waals surface area contributed by atoms with E-state index in [2.05, 4.69) is 16.1 Å². The van der Waals surface area contributed by atoms with E-state index in [1.807, 2.05) is 0 Å². The summed E-state index contributed by atoms with van der Waals surface area (Å²) < 4.78 is 212. The van der Waals surface area contributed by atoms with Gasteiger partial charge < -0.3 is 9.47 Å². The third kappa shape index (κ3) is 6.27. The Kier molecular flexibility index (Phi) is 8.37. The lowest BCUT2D eigenvalue weighted by atomic mass is 10.2. The number of ether oxygens (including phenoxy) is 3. The molecule has 0 spiro atoms. The van der Waals surface area contributed by atoms with Crippen LogP contribution in [0.1, 0.15) is 0 Å². The molecule has 186 valence electrons. The molecule has 0 saturated carbocycles. The van der Waals surface area contributed by atoms with Gasteiger partial charge in [0.15, 0.2) is 6.10 Å². The summed E-state index contributed by atoms with van der Waals surface area (Å²) in [7, 11) is 0. The van der Waals surface area contributed by atoms with Crippen LogP contribution in [-0.4, -0.2) is 61.8 Å². The van der Waals surface area contributed by atoms with Gasteiger partial charge in [-0.3, -0.25) is 4.74 Å². The lowest BCUT2D eigenvalue weighted by molar-refractivity contribution is -0.539. The highest BCUT2D eigenvalue weighted by molar-refractivity contribution is 4.94. The number of hydrogen-bond donors (Lipinski definition) is 0. The smallest absolute Gasteiger partial charge is 0.374 e. The van der Waals surface area contributed by atoms with Gasteiger partial charge in [-0.1, -0.05) is 6.08 Å². The summed E-state index contributed by atoms with van der Waals surface area (Å²) in [5.41, 5.74) is 0. The van der Waals surface area contributed by atoms with Crippen molar-refractivity contribution in [2.75, 3.05) is 13.2 Å². The van der Waals surface area contributed by atoms with Crippen molar-refractivity contribution in [1.29, 1.82) is 0 Å². The first kappa shape index (κ1) is 29.5. The zero-order valence-electron chi connectivity index (χ0n) is 14.0. The second-order valence-electron chi connectivity index (χ2n) is 5.28. The summed E-state index contributed by atoms with van der Waals surface area (Å²) in [5.74, 6) is -15.3. The van der Waals surface area contributed by atoms with E-state index in [0.29, 0.717) is 6.08 Å². The average molecular weight is 504 g/mol. The van der Waals surface area contributed by atoms with Crippen molar-refractivity contribution in [3.8, 4) is 0 Å². The van der Waals surface area contributed by atoms with Gasteiger partial charge in [0.25, 0.3) is 0 Å². The molecule has 0 amide bonds. The average Bonchev–Trinajstić information content (AvgIpc) is 2.50. The van der Waals surface area contributed by atoms with Crippen LogP contribution in [0, 0.1) is 0 Å². The Morgan fingerprint density at radius 2 is 1.13 bits per heavy atom. The maximum absolute atomic E-state index is 13.8. The fraction of sp³-hybridized carbons (Fsp3) is 0.833. The molecule has 0 aliphatic heterocycles. The first-order chi connectivity index (χ1) is 13.4. The quantitative estimate of drug-likeness (QED) is 0.215. The molecule has 0 rings (SSSR count). The van der Waals surface area contributed by atoms with Gasteiger partial charge in [0.05, 0.1) is 13.2 Å². The van der Waals surface area contributed by atoms with Crippen LogP contribution in [0.15, 0.2) is 12.7 Å². The number of hydrogen-bond acceptors (Lipinski definition) is 3. The van der Waals surface area contributed by atoms with E-state index >= 15 is 0 Å². The standard InChI is InChI=1S/C12H8F16O3/c1-2-3-29-4-5(6(13,14)15)30-12(27,28)8(18,10(22,23)24)31-11(25,26)7(16,17)9(19,20)21/h2,5H,1,3-4H2. The van der Waals surface area contributed by atoms with E-state index < -0.39 is 61.8 Å². The molecule has 0 N–H and O–H groups in total. The van der Waals surface area contributed by atoms with Gasteiger partial charge in [-0.15, -0.1) is 6.58 Å². The van der Waals surface area contributed by atoms with Crippen molar-refractivity contribution in [2.24, 2.45) is 0 Å². The monoisotopic (exact) mass is 504 g/mol. The highest BCUT2D eigenvalue weighted by Crippen LogP contribution is 2.55. The molecule has 31 heavy (non-hydrogen) atoms. The van der Waals surface area contributed by atoms with Gasteiger partial charge in [-0.25, -0.2) is 0 Å². The van der Waals surface area contributed by atoms with Crippen molar-refractivity contribution in [2.45, 2.75) is 48.6 Å². The topological polar surface area (TPSA) is 27.7 Å². The summed E-state index contributed by atoms with van der Waals surface area (Å²) in [5, 5.41) is 0. The number of alkyl halides is 16. The third-order valence-electron chi connectivity index (χ3n) is 2.89. The van der Waals surface area contributed by atoms with Crippen molar-refractivity contribution < 1.29 is 84.5 Å². The SMILES string of the molecule is C=CCOCC(OC(F)(F)C(F)(OC(F)(F)C(F)(F)C(F)(F)F)C(F)(F)F)C(F)(F)F. The molecule has 0 radical (unpaired) electrons. The molecule has 0 bridgehead atoms. The lowest BCUT2D eigenvalue weighted by Crippen LogP contribution is -2.66. The lowest BCUT2D eigenvalue weighted by Gasteiger charge is -2.39. The van der Waals surface area contributed by atoms with Crippen LogP contribution in [0.25, 0.3) is 0 Å². The van der Waals surface area contributed by atoms with Crippen LogP contribution < -0.4 is 0 Å². The van der Waals surface area contributed by atoms with Crippen molar-refractivity contribution >= 4 is 0 Å². The highest BCUT2D eigenvalue weighted by atomic mass is 19.4. The second-order valence-corrected chi connectivity index (χ2v) is 5.28. The summed E-state index contributed by atoms with van der Waals surface area (Å²) in [6.07, 6.45) is -39.7. The summed E-state index contributed by atoms with van der Waals surface area (Å²) >= 11 is 0. The number of rotatable bonds is 10. The molecule has 19 heteroatoms. The Hall–Kier alpha value is -1.50. The minimum Gasteiger partial charge on any atom is -0.374 e. The predicted octanol–water partition coefficient (Wildman–Crippen LogP) is 5.76. The molecule has 2 unspecified atom stereocenters. The molecule has 3 nitrogen and oxygen atoms in total. The zero-order chi connectivity index (χ0) is 25.3. The molecule has 0 aliphatic rings. The van der Waals surface area contributed by atoms with Gasteiger partial charge in [-0.2, -0.15) is 70.2 Å². The van der Waals surface area contributed by atoms with E-state index in [1.54, 1.807) is 0 Å². The van der Waals surface area contributed by atoms with E-state index in [4.69, 9.17) is 0 Å². The maximum Gasteiger partial charge on any atom is 0.462 e. The maximum atomic E-state index is 13.8. The van der Waals surface area contributed by atoms with Gasteiger partial charge >= 0.3 is 42.5 Å². The summed E-state index contributed by atoms with van der Waals surface area (Å²) in [6.45, 7) is -0.133. The molecule has 0 aromatic heterocycles. The van der Waals surface area contributed by atoms with Gasteiger partial charge in [0, 0.05) is 0 Å². The molecule has 2 atom stereocenters. The Morgan fingerprint density at radius 1 is 0.677 bits per heavy atom. The van der Waals surface area contributed by atoms with E-state index in [-0.39, 0.29) is 0 Å². The molecular weight excluding hydrogens is 496 g/mol. The Morgan fingerprint density at radius 3 is 1.45 bits per heavy atom. The molecular formula is C12H8F16O3. The Bertz CT molecular complexity index is 606. The molecule has 0 saturated heterocycles. The van der Waals surface area contributed by atoms with E-state index in [1.165, 1.54) is 4.74 Å². The van der Waals surface area contributed by atoms with Crippen LogP contribution in [0.4, 0.5) is 70.2 Å². The first-order valence-electron chi connectivity index (χ1n) is 6.96. The van der Waals surface area contributed by atoms with E-state index in [0.717, 1.165) is 0 Å². The van der Waals surface area contributed by atoms with Crippen molar-refractivity contribution in [1.82, 2.24) is 0 Å². The fourth-order valence-electron chi connectivity index (χ4n) is 1.40. The van der Waals surface area contributed by atoms with Crippen LogP contribution in [0.2, 0.25) is 0 Å². The Balaban J connectivity index is 6.28. The third-order valence-corrected chi connectivity index (χ3v) is 2.89. The molecule has 0 fully saturated rings. The predicted molar refractivity (Wildman–Crippen MR) is 63.8 cm³/mol. The first-order valence-corrected chi connectivity index (χ1v) is 6.96. The van der Waals surface area contributed by atoms with Gasteiger partial charge in [0.2, 0.25) is 0 Å². The largest absolute Gasteiger partial charge is 0.462 e. The van der Waals surface area contributed by atoms with Crippen LogP contribution in [0.5, 0.6) is 0 Å².